The number of nitrogens with one attached hydrogen (secondary N) is 1. The van der Waals surface area contributed by atoms with Gasteiger partial charge in [0.05, 0.1) is 19.1 Å². The van der Waals surface area contributed by atoms with Gasteiger partial charge in [0.15, 0.2) is 0 Å². The zero-order chi connectivity index (χ0) is 20.1. The highest BCUT2D eigenvalue weighted by Crippen LogP contribution is 2.37. The van der Waals surface area contributed by atoms with Crippen LogP contribution in [0.25, 0.3) is 0 Å². The fourth-order valence-electron chi connectivity index (χ4n) is 4.77. The Kier molecular flexibility index (Phi) is 6.94. The molecule has 154 valence electrons. The first-order valence-electron chi connectivity index (χ1n) is 10.4. The Bertz CT molecular complexity index is 670. The van der Waals surface area contributed by atoms with E-state index in [4.69, 9.17) is 10.5 Å². The lowest BCUT2D eigenvalue weighted by Gasteiger charge is -2.40. The molecule has 1 aromatic carbocycles. The maximum Gasteiger partial charge on any atom is 0.225 e. The normalized spacial score (nSPS) is 24.7. The maximum atomic E-state index is 13.2. The number of rotatable bonds is 6. The maximum absolute atomic E-state index is 13.2. The molecule has 3 rings (SSSR count). The number of likely N-dealkylation sites (tertiary alicyclic amines) is 1. The number of ether oxygens (including phenoxy) is 1. The molecule has 28 heavy (non-hydrogen) atoms. The highest BCUT2D eigenvalue weighted by molar-refractivity contribution is 5.85. The Balaban J connectivity index is 1.77. The molecule has 1 saturated carbocycles. The summed E-state index contributed by atoms with van der Waals surface area (Å²) in [4.78, 5) is 27.3. The lowest BCUT2D eigenvalue weighted by molar-refractivity contribution is -0.142. The second-order valence-corrected chi connectivity index (χ2v) is 8.12. The van der Waals surface area contributed by atoms with Gasteiger partial charge in [-0.2, -0.15) is 0 Å². The summed E-state index contributed by atoms with van der Waals surface area (Å²) in [5.41, 5.74) is 6.97. The van der Waals surface area contributed by atoms with Gasteiger partial charge < -0.3 is 20.7 Å². The Morgan fingerprint density at radius 2 is 1.89 bits per heavy atom. The van der Waals surface area contributed by atoms with Crippen LogP contribution in [0.3, 0.4) is 0 Å². The average molecular weight is 388 g/mol. The number of benzene rings is 1. The van der Waals surface area contributed by atoms with E-state index in [1.807, 2.05) is 24.3 Å². The van der Waals surface area contributed by atoms with Gasteiger partial charge in [0.25, 0.3) is 0 Å². The van der Waals surface area contributed by atoms with Crippen LogP contribution >= 0.6 is 0 Å². The quantitative estimate of drug-likeness (QED) is 0.786. The van der Waals surface area contributed by atoms with Gasteiger partial charge in [-0.1, -0.05) is 31.4 Å². The highest BCUT2D eigenvalue weighted by Gasteiger charge is 2.39. The minimum Gasteiger partial charge on any atom is -0.497 e. The molecule has 6 nitrogen and oxygen atoms in total. The number of nitrogens with two attached hydrogens (primary N) is 1. The van der Waals surface area contributed by atoms with Crippen LogP contribution in [0.1, 0.15) is 56.6 Å². The number of hydrogen-bond donors (Lipinski definition) is 2. The van der Waals surface area contributed by atoms with E-state index in [1.54, 1.807) is 19.1 Å². The Morgan fingerprint density at radius 3 is 2.50 bits per heavy atom. The molecule has 0 aromatic heterocycles. The van der Waals surface area contributed by atoms with Crippen molar-refractivity contribution in [3.05, 3.63) is 29.8 Å². The largest absolute Gasteiger partial charge is 0.497 e. The van der Waals surface area contributed by atoms with Crippen molar-refractivity contribution in [3.8, 4) is 5.75 Å². The molecule has 0 radical (unpaired) electrons. The number of amides is 2. The first-order chi connectivity index (χ1) is 13.5. The molecule has 1 aliphatic carbocycles. The van der Waals surface area contributed by atoms with E-state index in [0.29, 0.717) is 25.3 Å². The molecule has 3 atom stereocenters. The minimum atomic E-state index is -0.270. The second kappa shape index (κ2) is 9.41. The lowest BCUT2D eigenvalue weighted by atomic mass is 9.81. The van der Waals surface area contributed by atoms with Crippen molar-refractivity contribution in [2.75, 3.05) is 20.7 Å². The number of hydrogen-bond acceptors (Lipinski definition) is 4. The summed E-state index contributed by atoms with van der Waals surface area (Å²) < 4.78 is 5.24. The van der Waals surface area contributed by atoms with Crippen LogP contribution < -0.4 is 15.8 Å². The van der Waals surface area contributed by atoms with Crippen molar-refractivity contribution < 1.29 is 14.3 Å². The summed E-state index contributed by atoms with van der Waals surface area (Å²) >= 11 is 0. The molecule has 1 saturated heterocycles. The fraction of sp³-hybridized carbons (Fsp3) is 0.636. The summed E-state index contributed by atoms with van der Waals surface area (Å²) in [6, 6.07) is 7.40. The van der Waals surface area contributed by atoms with Crippen LogP contribution in [0.15, 0.2) is 24.3 Å². The number of methoxy groups -OCH3 is 1. The van der Waals surface area contributed by atoms with Crippen molar-refractivity contribution in [3.63, 3.8) is 0 Å². The van der Waals surface area contributed by atoms with E-state index in [0.717, 1.165) is 24.2 Å². The van der Waals surface area contributed by atoms with E-state index in [-0.39, 0.29) is 29.8 Å². The molecule has 1 aliphatic heterocycles. The Morgan fingerprint density at radius 1 is 1.21 bits per heavy atom. The van der Waals surface area contributed by atoms with Gasteiger partial charge >= 0.3 is 0 Å². The molecule has 2 amide bonds. The molecule has 0 spiro atoms. The molecule has 0 bridgehead atoms. The van der Waals surface area contributed by atoms with E-state index >= 15 is 0 Å². The van der Waals surface area contributed by atoms with Crippen LogP contribution in [-0.4, -0.2) is 43.5 Å². The molecule has 3 N–H and O–H groups in total. The number of piperidine rings is 1. The summed E-state index contributed by atoms with van der Waals surface area (Å²) in [7, 11) is 3.41. The molecule has 3 unspecified atom stereocenters. The Hall–Kier alpha value is -2.08. The molecular formula is C22H33N3O3. The van der Waals surface area contributed by atoms with E-state index in [1.165, 1.54) is 19.3 Å². The zero-order valence-corrected chi connectivity index (χ0v) is 17.0. The summed E-state index contributed by atoms with van der Waals surface area (Å²) in [5, 5.41) is 3.24. The molecule has 1 aromatic rings. The third-order valence-corrected chi connectivity index (χ3v) is 6.46. The highest BCUT2D eigenvalue weighted by atomic mass is 16.5. The van der Waals surface area contributed by atoms with Gasteiger partial charge in [-0.05, 0) is 42.9 Å². The number of nitrogens with zero attached hydrogens (tertiary/aromatic N) is 1. The van der Waals surface area contributed by atoms with Crippen molar-refractivity contribution in [1.82, 2.24) is 10.2 Å². The smallest absolute Gasteiger partial charge is 0.225 e. The molecule has 1 heterocycles. The molecule has 2 aliphatic rings. The topological polar surface area (TPSA) is 84.7 Å². The Labute approximate surface area is 167 Å². The van der Waals surface area contributed by atoms with E-state index in [2.05, 4.69) is 5.32 Å². The standard InChI is InChI=1S/C22H33N3O3/c1-25-20(26)13-12-18(21(25)16-8-10-17(28-2)11-9-16)22(27)24-19(14-23)15-6-4-3-5-7-15/h8-11,15,18-19,21H,3-7,12-14,23H2,1-2H3,(H,24,27). The first kappa shape index (κ1) is 20.6. The molecule has 2 fully saturated rings. The number of carbonyl (C=O) groups excluding carboxylic acids is 2. The average Bonchev–Trinajstić information content (AvgIpc) is 2.74. The van der Waals surface area contributed by atoms with Gasteiger partial charge in [0.2, 0.25) is 11.8 Å². The minimum absolute atomic E-state index is 0.0150. The summed E-state index contributed by atoms with van der Waals surface area (Å²) in [6.07, 6.45) is 6.93. The van der Waals surface area contributed by atoms with Gasteiger partial charge in [-0.25, -0.2) is 0 Å². The summed E-state index contributed by atoms with van der Waals surface area (Å²) in [5.74, 6) is 1.04. The van der Waals surface area contributed by atoms with Crippen molar-refractivity contribution in [1.29, 1.82) is 0 Å². The molecular weight excluding hydrogens is 354 g/mol. The van der Waals surface area contributed by atoms with Crippen LogP contribution in [0.2, 0.25) is 0 Å². The van der Waals surface area contributed by atoms with Gasteiger partial charge in [0, 0.05) is 26.1 Å². The molecule has 6 heteroatoms. The van der Waals surface area contributed by atoms with E-state index in [9.17, 15) is 9.59 Å². The fourth-order valence-corrected chi connectivity index (χ4v) is 4.77. The van der Waals surface area contributed by atoms with Crippen molar-refractivity contribution in [2.24, 2.45) is 17.6 Å². The predicted molar refractivity (Wildman–Crippen MR) is 109 cm³/mol. The van der Waals surface area contributed by atoms with Gasteiger partial charge in [0.1, 0.15) is 5.75 Å². The van der Waals surface area contributed by atoms with Crippen LogP contribution in [0, 0.1) is 11.8 Å². The van der Waals surface area contributed by atoms with Crippen molar-refractivity contribution >= 4 is 11.8 Å². The van der Waals surface area contributed by atoms with Gasteiger partial charge in [-0.15, -0.1) is 0 Å². The SMILES string of the molecule is COc1ccc(C2C(C(=O)NC(CN)C3CCCCC3)CCC(=O)N2C)cc1. The third kappa shape index (κ3) is 4.49. The first-order valence-corrected chi connectivity index (χ1v) is 10.4. The number of carbonyl (C=O) groups is 2. The third-order valence-electron chi connectivity index (χ3n) is 6.46. The summed E-state index contributed by atoms with van der Waals surface area (Å²) in [6.45, 7) is 0.463. The van der Waals surface area contributed by atoms with E-state index < -0.39 is 0 Å². The van der Waals surface area contributed by atoms with Crippen molar-refractivity contribution in [2.45, 2.75) is 57.0 Å². The monoisotopic (exact) mass is 387 g/mol. The lowest BCUT2D eigenvalue weighted by Crippen LogP contribution is -2.52. The van der Waals surface area contributed by atoms with Crippen LogP contribution in [0.5, 0.6) is 5.75 Å². The van der Waals surface area contributed by atoms with Crippen LogP contribution in [-0.2, 0) is 9.59 Å². The second-order valence-electron chi connectivity index (χ2n) is 8.12. The zero-order valence-electron chi connectivity index (χ0n) is 17.0. The predicted octanol–water partition coefficient (Wildman–Crippen LogP) is 2.63. The van der Waals surface area contributed by atoms with Gasteiger partial charge in [-0.3, -0.25) is 9.59 Å². The van der Waals surface area contributed by atoms with Crippen LogP contribution in [0.4, 0.5) is 0 Å².